The Balaban J connectivity index is 1.70. The molecule has 0 spiro atoms. The zero-order chi connectivity index (χ0) is 24.3. The highest BCUT2D eigenvalue weighted by Gasteiger charge is 2.13. The molecule has 0 atom stereocenters. The monoisotopic (exact) mass is 519 g/mol. The van der Waals surface area contributed by atoms with Crippen LogP contribution in [0.2, 0.25) is 0 Å². The van der Waals surface area contributed by atoms with E-state index in [1.54, 1.807) is 42.5 Å². The first-order valence-corrected chi connectivity index (χ1v) is 11.1. The molecule has 2 N–H and O–H groups in total. The molecule has 0 aliphatic heterocycles. The van der Waals surface area contributed by atoms with E-state index in [1.807, 2.05) is 36.4 Å². The Morgan fingerprint density at radius 3 is 2.50 bits per heavy atom. The summed E-state index contributed by atoms with van der Waals surface area (Å²) in [4.78, 5) is 25.0. The number of para-hydroxylation sites is 2. The number of methoxy groups -OCH3 is 1. The predicted molar refractivity (Wildman–Crippen MR) is 133 cm³/mol. The Hall–Kier alpha value is -4.09. The molecule has 0 aromatic heterocycles. The maximum atomic E-state index is 12.5. The molecular weight excluding hydrogens is 498 g/mol. The Bertz CT molecular complexity index is 1240. The Morgan fingerprint density at radius 1 is 1.03 bits per heavy atom. The number of halogens is 1. The largest absolute Gasteiger partial charge is 0.495 e. The van der Waals surface area contributed by atoms with Gasteiger partial charge in [-0.25, -0.2) is 0 Å². The fraction of sp³-hybridized carbons (Fsp3) is 0.115. The first kappa shape index (κ1) is 24.6. The fourth-order valence-corrected chi connectivity index (χ4v) is 3.40. The van der Waals surface area contributed by atoms with Gasteiger partial charge in [0, 0.05) is 16.6 Å². The van der Waals surface area contributed by atoms with Crippen LogP contribution >= 0.6 is 15.9 Å². The van der Waals surface area contributed by atoms with Gasteiger partial charge in [-0.2, -0.15) is 5.26 Å². The highest BCUT2D eigenvalue weighted by molar-refractivity contribution is 9.10. The maximum absolute atomic E-state index is 12.5. The summed E-state index contributed by atoms with van der Waals surface area (Å²) in [5.41, 5.74) is 1.83. The lowest BCUT2D eigenvalue weighted by atomic mass is 10.1. The number of rotatable bonds is 9. The van der Waals surface area contributed by atoms with Gasteiger partial charge in [0.2, 0.25) is 0 Å². The number of ether oxygens (including phenoxy) is 2. The quantitative estimate of drug-likeness (QED) is 0.315. The van der Waals surface area contributed by atoms with Crippen LogP contribution in [0, 0.1) is 11.3 Å². The standard InChI is InChI=1S/C26H22BrN3O4/c1-33-24-10-6-5-9-22(24)30-25(31)17-34-23-12-11-21(27)14-19(23)13-20(15-28)26(32)29-16-18-7-3-2-4-8-18/h2-14H,16-17H2,1H3,(H,29,32)(H,30,31)/b20-13+. The summed E-state index contributed by atoms with van der Waals surface area (Å²) >= 11 is 3.39. The molecule has 8 heteroatoms. The summed E-state index contributed by atoms with van der Waals surface area (Å²) < 4.78 is 11.7. The summed E-state index contributed by atoms with van der Waals surface area (Å²) in [6.07, 6.45) is 1.43. The minimum atomic E-state index is -0.508. The number of carbonyl (C=O) groups excluding carboxylic acids is 2. The molecule has 3 aromatic rings. The van der Waals surface area contributed by atoms with Crippen molar-refractivity contribution in [3.8, 4) is 17.6 Å². The normalized spacial score (nSPS) is 10.7. The van der Waals surface area contributed by atoms with Gasteiger partial charge in [-0.15, -0.1) is 0 Å². The van der Waals surface area contributed by atoms with E-state index in [9.17, 15) is 14.9 Å². The van der Waals surface area contributed by atoms with Crippen LogP contribution in [0.5, 0.6) is 11.5 Å². The van der Waals surface area contributed by atoms with E-state index < -0.39 is 5.91 Å². The van der Waals surface area contributed by atoms with Crippen molar-refractivity contribution in [3.63, 3.8) is 0 Å². The number of carbonyl (C=O) groups is 2. The Labute approximate surface area is 206 Å². The molecule has 0 fully saturated rings. The van der Waals surface area contributed by atoms with Crippen LogP contribution < -0.4 is 20.1 Å². The number of benzene rings is 3. The third-order valence-corrected chi connectivity index (χ3v) is 5.17. The average molecular weight is 520 g/mol. The van der Waals surface area contributed by atoms with E-state index in [-0.39, 0.29) is 18.1 Å². The van der Waals surface area contributed by atoms with Crippen molar-refractivity contribution in [2.75, 3.05) is 19.0 Å². The summed E-state index contributed by atoms with van der Waals surface area (Å²) in [6, 6.07) is 23.5. The van der Waals surface area contributed by atoms with Crippen LogP contribution in [0.1, 0.15) is 11.1 Å². The van der Waals surface area contributed by atoms with Gasteiger partial charge >= 0.3 is 0 Å². The predicted octanol–water partition coefficient (Wildman–Crippen LogP) is 4.70. The molecular formula is C26H22BrN3O4. The van der Waals surface area contributed by atoms with Gasteiger partial charge in [0.05, 0.1) is 12.8 Å². The second-order valence-electron chi connectivity index (χ2n) is 7.06. The second kappa shape index (κ2) is 12.2. The number of nitrogens with zero attached hydrogens (tertiary/aromatic N) is 1. The average Bonchev–Trinajstić information content (AvgIpc) is 2.86. The van der Waals surface area contributed by atoms with Gasteiger partial charge < -0.3 is 20.1 Å². The minimum Gasteiger partial charge on any atom is -0.495 e. The van der Waals surface area contributed by atoms with E-state index >= 15 is 0 Å². The highest BCUT2D eigenvalue weighted by atomic mass is 79.9. The van der Waals surface area contributed by atoms with E-state index in [0.29, 0.717) is 29.3 Å². The van der Waals surface area contributed by atoms with Crippen molar-refractivity contribution in [1.82, 2.24) is 5.32 Å². The van der Waals surface area contributed by atoms with Crippen LogP contribution in [0.15, 0.2) is 82.8 Å². The summed E-state index contributed by atoms with van der Waals surface area (Å²) in [7, 11) is 1.52. The van der Waals surface area contributed by atoms with Crippen LogP contribution in [0.25, 0.3) is 6.08 Å². The summed E-state index contributed by atoms with van der Waals surface area (Å²) in [6.45, 7) is 0.0201. The molecule has 0 radical (unpaired) electrons. The number of hydrogen-bond donors (Lipinski definition) is 2. The first-order chi connectivity index (χ1) is 16.5. The van der Waals surface area contributed by atoms with Gasteiger partial charge in [-0.3, -0.25) is 9.59 Å². The third kappa shape index (κ3) is 6.95. The second-order valence-corrected chi connectivity index (χ2v) is 7.97. The smallest absolute Gasteiger partial charge is 0.262 e. The van der Waals surface area contributed by atoms with E-state index in [4.69, 9.17) is 9.47 Å². The Morgan fingerprint density at radius 2 is 1.76 bits per heavy atom. The van der Waals surface area contributed by atoms with Gasteiger partial charge in [-0.05, 0) is 42.0 Å². The van der Waals surface area contributed by atoms with Crippen molar-refractivity contribution in [2.24, 2.45) is 0 Å². The summed E-state index contributed by atoms with van der Waals surface area (Å²) in [5, 5.41) is 15.0. The third-order valence-electron chi connectivity index (χ3n) is 4.67. The van der Waals surface area contributed by atoms with Gasteiger partial charge in [0.15, 0.2) is 6.61 Å². The molecule has 0 heterocycles. The molecule has 3 aromatic carbocycles. The molecule has 0 bridgehead atoms. The molecule has 7 nitrogen and oxygen atoms in total. The van der Waals surface area contributed by atoms with Crippen molar-refractivity contribution >= 4 is 39.5 Å². The lowest BCUT2D eigenvalue weighted by Gasteiger charge is -2.12. The molecule has 34 heavy (non-hydrogen) atoms. The molecule has 0 saturated carbocycles. The lowest BCUT2D eigenvalue weighted by Crippen LogP contribution is -2.24. The number of nitrogens with one attached hydrogen (secondary N) is 2. The molecule has 0 unspecified atom stereocenters. The molecule has 2 amide bonds. The van der Waals surface area contributed by atoms with Crippen LogP contribution in [-0.2, 0) is 16.1 Å². The maximum Gasteiger partial charge on any atom is 0.262 e. The number of amides is 2. The SMILES string of the molecule is COc1ccccc1NC(=O)COc1ccc(Br)cc1/C=C(\C#N)C(=O)NCc1ccccc1. The molecule has 0 saturated heterocycles. The highest BCUT2D eigenvalue weighted by Crippen LogP contribution is 2.26. The minimum absolute atomic E-state index is 0.0858. The van der Waals surface area contributed by atoms with E-state index in [1.165, 1.54) is 13.2 Å². The van der Waals surface area contributed by atoms with Crippen molar-refractivity contribution in [3.05, 3.63) is 94.0 Å². The van der Waals surface area contributed by atoms with Crippen LogP contribution in [-0.4, -0.2) is 25.5 Å². The van der Waals surface area contributed by atoms with E-state index in [0.717, 1.165) is 10.0 Å². The molecule has 0 aliphatic carbocycles. The van der Waals surface area contributed by atoms with Crippen molar-refractivity contribution in [2.45, 2.75) is 6.54 Å². The van der Waals surface area contributed by atoms with Crippen LogP contribution in [0.4, 0.5) is 5.69 Å². The molecule has 172 valence electrons. The Kier molecular flexibility index (Phi) is 8.83. The van der Waals surface area contributed by atoms with Gasteiger partial charge in [-0.1, -0.05) is 58.4 Å². The number of anilines is 1. The van der Waals surface area contributed by atoms with Gasteiger partial charge in [0.1, 0.15) is 23.1 Å². The lowest BCUT2D eigenvalue weighted by molar-refractivity contribution is -0.118. The zero-order valence-corrected chi connectivity index (χ0v) is 20.0. The molecule has 0 aliphatic rings. The van der Waals surface area contributed by atoms with Crippen LogP contribution in [0.3, 0.4) is 0 Å². The number of hydrogen-bond acceptors (Lipinski definition) is 5. The fourth-order valence-electron chi connectivity index (χ4n) is 3.02. The van der Waals surface area contributed by atoms with Gasteiger partial charge in [0.25, 0.3) is 11.8 Å². The topological polar surface area (TPSA) is 100 Å². The van der Waals surface area contributed by atoms with Crippen molar-refractivity contribution in [1.29, 1.82) is 5.26 Å². The summed E-state index contributed by atoms with van der Waals surface area (Å²) in [5.74, 6) is -0.0140. The zero-order valence-electron chi connectivity index (χ0n) is 18.4. The van der Waals surface area contributed by atoms with E-state index in [2.05, 4.69) is 26.6 Å². The van der Waals surface area contributed by atoms with Crippen molar-refractivity contribution < 1.29 is 19.1 Å². The molecule has 3 rings (SSSR count). The first-order valence-electron chi connectivity index (χ1n) is 10.3. The number of nitriles is 1.